The first-order valence-electron chi connectivity index (χ1n) is 8.12. The van der Waals surface area contributed by atoms with Gasteiger partial charge in [-0.15, -0.1) is 11.8 Å². The van der Waals surface area contributed by atoms with E-state index in [4.69, 9.17) is 21.4 Å². The number of hydrogen-bond acceptors (Lipinski definition) is 5. The molecular weight excluding hydrogens is 356 g/mol. The lowest BCUT2D eigenvalue weighted by Gasteiger charge is -2.29. The van der Waals surface area contributed by atoms with Gasteiger partial charge in [0.25, 0.3) is 0 Å². The predicted molar refractivity (Wildman–Crippen MR) is 102 cm³/mol. The van der Waals surface area contributed by atoms with E-state index in [0.29, 0.717) is 24.0 Å². The lowest BCUT2D eigenvalue weighted by molar-refractivity contribution is -0.147. The van der Waals surface area contributed by atoms with E-state index >= 15 is 0 Å². The Morgan fingerprint density at radius 2 is 2.16 bits per heavy atom. The van der Waals surface area contributed by atoms with Gasteiger partial charge in [0.15, 0.2) is 5.11 Å². The molecule has 0 saturated carbocycles. The molecule has 3 rings (SSSR count). The average Bonchev–Trinajstić information content (AvgIpc) is 3.29. The van der Waals surface area contributed by atoms with Crippen molar-refractivity contribution in [1.29, 1.82) is 0 Å². The van der Waals surface area contributed by atoms with Crippen LogP contribution in [-0.4, -0.2) is 34.4 Å². The Morgan fingerprint density at radius 3 is 2.84 bits per heavy atom. The SMILES string of the molecule is CCOC(=O)C1CSC(c2ccco2)N1C(=S)NCc1ccccc1. The van der Waals surface area contributed by atoms with Gasteiger partial charge in [-0.25, -0.2) is 4.79 Å². The molecule has 1 aliphatic rings. The van der Waals surface area contributed by atoms with Crippen LogP contribution >= 0.6 is 24.0 Å². The standard InChI is InChI=1S/C18H20N2O3S2/c1-2-22-17(21)14-12-25-16(15-9-6-10-23-15)20(14)18(24)19-11-13-7-4-3-5-8-13/h3-10,14,16H,2,11-12H2,1H3,(H,19,24). The van der Waals surface area contributed by atoms with E-state index in [1.165, 1.54) is 0 Å². The number of esters is 1. The van der Waals surface area contributed by atoms with Crippen LogP contribution in [0.5, 0.6) is 0 Å². The highest BCUT2D eigenvalue weighted by molar-refractivity contribution is 7.99. The number of carbonyl (C=O) groups is 1. The summed E-state index contributed by atoms with van der Waals surface area (Å²) in [6, 6.07) is 13.3. The van der Waals surface area contributed by atoms with Crippen molar-refractivity contribution in [3.63, 3.8) is 0 Å². The Balaban J connectivity index is 1.75. The fourth-order valence-electron chi connectivity index (χ4n) is 2.69. The van der Waals surface area contributed by atoms with Crippen LogP contribution in [0, 0.1) is 0 Å². The Kier molecular flexibility index (Phi) is 5.99. The van der Waals surface area contributed by atoms with Crippen molar-refractivity contribution in [2.45, 2.75) is 24.9 Å². The van der Waals surface area contributed by atoms with Crippen LogP contribution in [-0.2, 0) is 16.1 Å². The summed E-state index contributed by atoms with van der Waals surface area (Å²) in [4.78, 5) is 14.2. The molecule has 0 spiro atoms. The van der Waals surface area contributed by atoms with Crippen molar-refractivity contribution in [3.05, 3.63) is 60.1 Å². The normalized spacial score (nSPS) is 19.6. The number of thiocarbonyl (C=S) groups is 1. The molecule has 1 aromatic heterocycles. The molecule has 0 aliphatic carbocycles. The lowest BCUT2D eigenvalue weighted by atomic mass is 10.2. The molecule has 1 aliphatic heterocycles. The Morgan fingerprint density at radius 1 is 1.36 bits per heavy atom. The average molecular weight is 377 g/mol. The van der Waals surface area contributed by atoms with Crippen LogP contribution in [0.1, 0.15) is 23.6 Å². The molecule has 0 amide bonds. The number of ether oxygens (including phenoxy) is 1. The van der Waals surface area contributed by atoms with Crippen molar-refractivity contribution in [2.75, 3.05) is 12.4 Å². The van der Waals surface area contributed by atoms with Gasteiger partial charge in [-0.1, -0.05) is 30.3 Å². The highest BCUT2D eigenvalue weighted by atomic mass is 32.2. The van der Waals surface area contributed by atoms with E-state index < -0.39 is 6.04 Å². The molecule has 1 fully saturated rings. The topological polar surface area (TPSA) is 54.7 Å². The van der Waals surface area contributed by atoms with Crippen LogP contribution in [0.4, 0.5) is 0 Å². The minimum Gasteiger partial charge on any atom is -0.466 e. The maximum absolute atomic E-state index is 12.4. The van der Waals surface area contributed by atoms with Crippen LogP contribution in [0.25, 0.3) is 0 Å². The molecule has 1 saturated heterocycles. The number of rotatable bonds is 5. The molecule has 2 heterocycles. The third kappa shape index (κ3) is 4.16. The minimum atomic E-state index is -0.421. The second kappa shape index (κ2) is 8.40. The number of nitrogens with zero attached hydrogens (tertiary/aromatic N) is 1. The van der Waals surface area contributed by atoms with Crippen LogP contribution in [0.2, 0.25) is 0 Å². The van der Waals surface area contributed by atoms with Gasteiger partial charge < -0.3 is 19.4 Å². The Hall–Kier alpha value is -1.99. The predicted octanol–water partition coefficient (Wildman–Crippen LogP) is 3.33. The third-order valence-corrected chi connectivity index (χ3v) is 5.51. The number of thioether (sulfide) groups is 1. The summed E-state index contributed by atoms with van der Waals surface area (Å²) in [5.41, 5.74) is 1.12. The Bertz CT molecular complexity index is 706. The summed E-state index contributed by atoms with van der Waals surface area (Å²) in [6.45, 7) is 2.76. The second-order valence-corrected chi connectivity index (χ2v) is 7.02. The largest absolute Gasteiger partial charge is 0.466 e. The van der Waals surface area contributed by atoms with Crippen molar-refractivity contribution in [2.24, 2.45) is 0 Å². The van der Waals surface area contributed by atoms with Crippen molar-refractivity contribution in [3.8, 4) is 0 Å². The Labute approximate surface area is 156 Å². The van der Waals surface area contributed by atoms with Crippen LogP contribution in [0.3, 0.4) is 0 Å². The van der Waals surface area contributed by atoms with Crippen LogP contribution in [0.15, 0.2) is 53.1 Å². The van der Waals surface area contributed by atoms with E-state index in [2.05, 4.69) is 5.32 Å². The summed E-state index contributed by atoms with van der Waals surface area (Å²) >= 11 is 7.22. The molecule has 25 heavy (non-hydrogen) atoms. The van der Waals surface area contributed by atoms with Gasteiger partial charge in [-0.2, -0.15) is 0 Å². The van der Waals surface area contributed by atoms with E-state index in [1.54, 1.807) is 24.9 Å². The number of benzene rings is 1. The molecule has 2 unspecified atom stereocenters. The number of carbonyl (C=O) groups excluding carboxylic acids is 1. The quantitative estimate of drug-likeness (QED) is 0.634. The number of nitrogens with one attached hydrogen (secondary N) is 1. The molecule has 132 valence electrons. The zero-order valence-electron chi connectivity index (χ0n) is 13.9. The molecular formula is C18H20N2O3S2. The second-order valence-electron chi connectivity index (χ2n) is 5.52. The molecule has 5 nitrogen and oxygen atoms in total. The van der Waals surface area contributed by atoms with Crippen LogP contribution < -0.4 is 5.32 Å². The van der Waals surface area contributed by atoms with Crippen molar-refractivity contribution in [1.82, 2.24) is 10.2 Å². The fraction of sp³-hybridized carbons (Fsp3) is 0.333. The maximum atomic E-state index is 12.4. The fourth-order valence-corrected chi connectivity index (χ4v) is 4.43. The molecule has 1 aromatic carbocycles. The summed E-state index contributed by atoms with van der Waals surface area (Å²) in [6.07, 6.45) is 1.63. The van der Waals surface area contributed by atoms with Gasteiger partial charge in [0.2, 0.25) is 0 Å². The van der Waals surface area contributed by atoms with Crippen molar-refractivity contribution >= 4 is 35.1 Å². The summed E-state index contributed by atoms with van der Waals surface area (Å²) in [5.74, 6) is 1.13. The summed E-state index contributed by atoms with van der Waals surface area (Å²) in [5, 5.41) is 3.64. The number of furan rings is 1. The maximum Gasteiger partial charge on any atom is 0.329 e. The molecule has 1 N–H and O–H groups in total. The first kappa shape index (κ1) is 17.8. The lowest BCUT2D eigenvalue weighted by Crippen LogP contribution is -2.48. The zero-order chi connectivity index (χ0) is 17.6. The number of hydrogen-bond donors (Lipinski definition) is 1. The van der Waals surface area contributed by atoms with E-state index in [-0.39, 0.29) is 11.3 Å². The minimum absolute atomic E-state index is 0.139. The molecule has 0 radical (unpaired) electrons. The van der Waals surface area contributed by atoms with Gasteiger partial charge in [0.05, 0.1) is 12.9 Å². The summed E-state index contributed by atoms with van der Waals surface area (Å²) in [7, 11) is 0. The first-order valence-corrected chi connectivity index (χ1v) is 9.58. The molecule has 2 atom stereocenters. The van der Waals surface area contributed by atoms with Crippen molar-refractivity contribution < 1.29 is 13.9 Å². The third-order valence-electron chi connectivity index (χ3n) is 3.87. The first-order chi connectivity index (χ1) is 12.2. The molecule has 7 heteroatoms. The monoisotopic (exact) mass is 376 g/mol. The van der Waals surface area contributed by atoms with Gasteiger partial charge in [-0.3, -0.25) is 0 Å². The molecule has 0 bridgehead atoms. The highest BCUT2D eigenvalue weighted by Gasteiger charge is 2.42. The van der Waals surface area contributed by atoms with E-state index in [0.717, 1.165) is 11.3 Å². The highest BCUT2D eigenvalue weighted by Crippen LogP contribution is 2.41. The zero-order valence-corrected chi connectivity index (χ0v) is 15.5. The van der Waals surface area contributed by atoms with Gasteiger partial charge in [0.1, 0.15) is 17.2 Å². The summed E-state index contributed by atoms with van der Waals surface area (Å²) < 4.78 is 10.8. The van der Waals surface area contributed by atoms with Gasteiger partial charge in [0, 0.05) is 12.3 Å². The van der Waals surface area contributed by atoms with E-state index in [1.807, 2.05) is 47.4 Å². The smallest absolute Gasteiger partial charge is 0.329 e. The van der Waals surface area contributed by atoms with E-state index in [9.17, 15) is 4.79 Å². The van der Waals surface area contributed by atoms with Gasteiger partial charge >= 0.3 is 5.97 Å². The van der Waals surface area contributed by atoms with Gasteiger partial charge in [-0.05, 0) is 36.8 Å². The molecule has 2 aromatic rings.